The van der Waals surface area contributed by atoms with Crippen LogP contribution in [0.5, 0.6) is 11.5 Å². The van der Waals surface area contributed by atoms with E-state index in [-0.39, 0.29) is 0 Å². The van der Waals surface area contributed by atoms with Gasteiger partial charge < -0.3 is 20.2 Å². The number of aromatic amines is 1. The van der Waals surface area contributed by atoms with Gasteiger partial charge in [-0.1, -0.05) is 19.9 Å². The molecule has 3 N–H and O–H groups in total. The molecule has 0 bridgehead atoms. The van der Waals surface area contributed by atoms with E-state index in [0.717, 1.165) is 55.0 Å². The maximum absolute atomic E-state index is 5.74. The fourth-order valence-electron chi connectivity index (χ4n) is 3.75. The number of unbranched alkanes of at least 4 members (excludes halogenated alkanes) is 1. The van der Waals surface area contributed by atoms with Crippen LogP contribution in [0.2, 0.25) is 0 Å². The van der Waals surface area contributed by atoms with E-state index in [1.54, 1.807) is 14.2 Å². The quantitative estimate of drug-likeness (QED) is 0.472. The van der Waals surface area contributed by atoms with E-state index in [1.165, 1.54) is 22.0 Å². The van der Waals surface area contributed by atoms with E-state index >= 15 is 0 Å². The molecule has 3 aromatic rings. The summed E-state index contributed by atoms with van der Waals surface area (Å²) in [5, 5.41) is 1.32. The number of benzene rings is 2. The van der Waals surface area contributed by atoms with E-state index in [9.17, 15) is 0 Å². The molecule has 0 saturated heterocycles. The minimum absolute atomic E-state index is 0.556. The molecule has 28 heavy (non-hydrogen) atoms. The standard InChI is InChI=1S/C24H32N2O2/c1-5-16(2)17-9-11-21-20(14-17)19(8-6-7-13-25)24(26-21)18-10-12-22(27-3)23(15-18)28-4/h9-12,14-16,26H,5-8,13,25H2,1-4H3. The highest BCUT2D eigenvalue weighted by atomic mass is 16.5. The van der Waals surface area contributed by atoms with E-state index < -0.39 is 0 Å². The van der Waals surface area contributed by atoms with Gasteiger partial charge in [0.05, 0.1) is 14.2 Å². The Balaban J connectivity index is 2.13. The summed E-state index contributed by atoms with van der Waals surface area (Å²) in [6.07, 6.45) is 4.26. The largest absolute Gasteiger partial charge is 0.493 e. The number of aryl methyl sites for hydroxylation is 1. The van der Waals surface area contributed by atoms with Gasteiger partial charge in [0, 0.05) is 22.2 Å². The first-order chi connectivity index (χ1) is 13.6. The van der Waals surface area contributed by atoms with Crippen LogP contribution in [0.1, 0.15) is 50.2 Å². The summed E-state index contributed by atoms with van der Waals surface area (Å²) < 4.78 is 10.9. The lowest BCUT2D eigenvalue weighted by Gasteiger charge is -2.11. The lowest BCUT2D eigenvalue weighted by atomic mass is 9.94. The molecule has 0 aliphatic heterocycles. The predicted molar refractivity (Wildman–Crippen MR) is 118 cm³/mol. The van der Waals surface area contributed by atoms with Crippen LogP contribution in [0.4, 0.5) is 0 Å². The number of aromatic nitrogens is 1. The second-order valence-corrected chi connectivity index (χ2v) is 7.41. The van der Waals surface area contributed by atoms with Crippen molar-refractivity contribution < 1.29 is 9.47 Å². The molecule has 4 nitrogen and oxygen atoms in total. The summed E-state index contributed by atoms with van der Waals surface area (Å²) in [5.74, 6) is 2.04. The van der Waals surface area contributed by atoms with Gasteiger partial charge in [-0.3, -0.25) is 0 Å². The lowest BCUT2D eigenvalue weighted by Crippen LogP contribution is -1.99. The smallest absolute Gasteiger partial charge is 0.161 e. The average molecular weight is 381 g/mol. The van der Waals surface area contributed by atoms with Crippen molar-refractivity contribution in [3.05, 3.63) is 47.5 Å². The van der Waals surface area contributed by atoms with Crippen molar-refractivity contribution in [1.82, 2.24) is 4.98 Å². The topological polar surface area (TPSA) is 60.3 Å². The Morgan fingerprint density at radius 1 is 1.00 bits per heavy atom. The van der Waals surface area contributed by atoms with Gasteiger partial charge in [-0.25, -0.2) is 0 Å². The minimum Gasteiger partial charge on any atom is -0.493 e. The summed E-state index contributed by atoms with van der Waals surface area (Å²) in [5.41, 5.74) is 12.0. The summed E-state index contributed by atoms with van der Waals surface area (Å²) in [7, 11) is 3.34. The van der Waals surface area contributed by atoms with Crippen LogP contribution < -0.4 is 15.2 Å². The Hall–Kier alpha value is -2.46. The Morgan fingerprint density at radius 3 is 2.46 bits per heavy atom. The summed E-state index contributed by atoms with van der Waals surface area (Å²) in [6, 6.07) is 12.9. The third-order valence-corrected chi connectivity index (χ3v) is 5.66. The maximum Gasteiger partial charge on any atom is 0.161 e. The highest BCUT2D eigenvalue weighted by Crippen LogP contribution is 2.37. The van der Waals surface area contributed by atoms with Crippen LogP contribution in [-0.2, 0) is 6.42 Å². The maximum atomic E-state index is 5.74. The molecule has 0 fully saturated rings. The lowest BCUT2D eigenvalue weighted by molar-refractivity contribution is 0.355. The van der Waals surface area contributed by atoms with Gasteiger partial charge in [0.1, 0.15) is 0 Å². The van der Waals surface area contributed by atoms with Crippen molar-refractivity contribution in [3.63, 3.8) is 0 Å². The number of rotatable bonds is 9. The normalized spacial score (nSPS) is 12.3. The fourth-order valence-corrected chi connectivity index (χ4v) is 3.75. The Morgan fingerprint density at radius 2 is 1.79 bits per heavy atom. The second-order valence-electron chi connectivity index (χ2n) is 7.41. The second kappa shape index (κ2) is 9.16. The monoisotopic (exact) mass is 380 g/mol. The number of ether oxygens (including phenoxy) is 2. The van der Waals surface area contributed by atoms with Crippen molar-refractivity contribution >= 4 is 10.9 Å². The number of hydrogen-bond donors (Lipinski definition) is 2. The molecule has 1 unspecified atom stereocenters. The highest BCUT2D eigenvalue weighted by Gasteiger charge is 2.16. The fraction of sp³-hybridized carbons (Fsp3) is 0.417. The minimum atomic E-state index is 0.556. The van der Waals surface area contributed by atoms with Crippen LogP contribution in [0.15, 0.2) is 36.4 Å². The van der Waals surface area contributed by atoms with E-state index in [0.29, 0.717) is 5.92 Å². The van der Waals surface area contributed by atoms with Crippen molar-refractivity contribution in [2.24, 2.45) is 5.73 Å². The first-order valence-electron chi connectivity index (χ1n) is 10.2. The first-order valence-corrected chi connectivity index (χ1v) is 10.2. The zero-order chi connectivity index (χ0) is 20.1. The first kappa shape index (κ1) is 20.3. The molecule has 150 valence electrons. The molecule has 2 aromatic carbocycles. The van der Waals surface area contributed by atoms with Gasteiger partial charge in [0.25, 0.3) is 0 Å². The third kappa shape index (κ3) is 4.02. The van der Waals surface area contributed by atoms with Crippen molar-refractivity contribution in [2.75, 3.05) is 20.8 Å². The zero-order valence-electron chi connectivity index (χ0n) is 17.5. The molecule has 0 aliphatic carbocycles. The van der Waals surface area contributed by atoms with Crippen molar-refractivity contribution in [2.45, 2.75) is 45.4 Å². The van der Waals surface area contributed by atoms with Gasteiger partial charge in [-0.05, 0) is 79.6 Å². The van der Waals surface area contributed by atoms with Crippen molar-refractivity contribution in [3.8, 4) is 22.8 Å². The average Bonchev–Trinajstić information content (AvgIpc) is 3.10. The summed E-state index contributed by atoms with van der Waals surface area (Å²) >= 11 is 0. The van der Waals surface area contributed by atoms with Crippen LogP contribution in [0, 0.1) is 0 Å². The van der Waals surface area contributed by atoms with Crippen LogP contribution in [-0.4, -0.2) is 25.7 Å². The molecular weight excluding hydrogens is 348 g/mol. The van der Waals surface area contributed by atoms with Crippen LogP contribution in [0.3, 0.4) is 0 Å². The van der Waals surface area contributed by atoms with Gasteiger partial charge in [-0.2, -0.15) is 0 Å². The molecule has 1 heterocycles. The number of H-pyrrole nitrogens is 1. The third-order valence-electron chi connectivity index (χ3n) is 5.66. The Labute approximate surface area is 168 Å². The molecule has 0 aliphatic rings. The Kier molecular flexibility index (Phi) is 6.63. The van der Waals surface area contributed by atoms with Crippen LogP contribution >= 0.6 is 0 Å². The van der Waals surface area contributed by atoms with Gasteiger partial charge in [0.2, 0.25) is 0 Å². The molecule has 0 amide bonds. The molecule has 1 atom stereocenters. The number of nitrogens with two attached hydrogens (primary N) is 1. The number of hydrogen-bond acceptors (Lipinski definition) is 3. The summed E-state index contributed by atoms with van der Waals surface area (Å²) in [6.45, 7) is 5.26. The molecule has 1 aromatic heterocycles. The van der Waals surface area contributed by atoms with Gasteiger partial charge in [-0.15, -0.1) is 0 Å². The van der Waals surface area contributed by atoms with E-state index in [2.05, 4.69) is 43.1 Å². The summed E-state index contributed by atoms with van der Waals surface area (Å²) in [4.78, 5) is 3.65. The highest BCUT2D eigenvalue weighted by molar-refractivity contribution is 5.91. The van der Waals surface area contributed by atoms with E-state index in [1.807, 2.05) is 12.1 Å². The van der Waals surface area contributed by atoms with Crippen molar-refractivity contribution in [1.29, 1.82) is 0 Å². The molecule has 4 heteroatoms. The van der Waals surface area contributed by atoms with Gasteiger partial charge >= 0.3 is 0 Å². The molecular formula is C24H32N2O2. The molecule has 0 radical (unpaired) electrons. The number of nitrogens with one attached hydrogen (secondary N) is 1. The molecule has 0 spiro atoms. The Bertz CT molecular complexity index is 930. The molecule has 3 rings (SSSR count). The predicted octanol–water partition coefficient (Wildman–Crippen LogP) is 5.65. The van der Waals surface area contributed by atoms with E-state index in [4.69, 9.17) is 15.2 Å². The zero-order valence-corrected chi connectivity index (χ0v) is 17.5. The van der Waals surface area contributed by atoms with Gasteiger partial charge in [0.15, 0.2) is 11.5 Å². The SMILES string of the molecule is CCC(C)c1ccc2[nH]c(-c3ccc(OC)c(OC)c3)c(CCCCN)c2c1. The molecule has 0 saturated carbocycles. The van der Waals surface area contributed by atoms with Crippen LogP contribution in [0.25, 0.3) is 22.2 Å². The number of fused-ring (bicyclic) bond motifs is 1. The number of methoxy groups -OCH3 is 2.